The van der Waals surface area contributed by atoms with E-state index in [1.54, 1.807) is 6.07 Å². The minimum atomic E-state index is -2.97. The van der Waals surface area contributed by atoms with E-state index in [1.165, 1.54) is 19.2 Å². The number of hydrogen-bond acceptors (Lipinski definition) is 4. The van der Waals surface area contributed by atoms with E-state index >= 15 is 0 Å². The maximum atomic E-state index is 13.8. The Hall–Kier alpha value is -2.33. The van der Waals surface area contributed by atoms with Gasteiger partial charge in [-0.15, -0.1) is 6.42 Å². The smallest absolute Gasteiger partial charge is 0.280 e. The van der Waals surface area contributed by atoms with Crippen LogP contribution in [0.5, 0.6) is 5.75 Å². The first-order chi connectivity index (χ1) is 11.0. The van der Waals surface area contributed by atoms with Gasteiger partial charge in [-0.2, -0.15) is 0 Å². The molecule has 0 bridgehead atoms. The molecule has 1 amide bonds. The molecule has 1 aromatic rings. The molecule has 0 aromatic heterocycles. The van der Waals surface area contributed by atoms with Crippen LogP contribution in [0.4, 0.5) is 14.5 Å². The largest absolute Gasteiger partial charge is 0.495 e. The first-order valence-electron chi connectivity index (χ1n) is 7.22. The van der Waals surface area contributed by atoms with Gasteiger partial charge in [0.15, 0.2) is 0 Å². The van der Waals surface area contributed by atoms with Gasteiger partial charge in [-0.25, -0.2) is 8.78 Å². The highest BCUT2D eigenvalue weighted by molar-refractivity contribution is 5.95. The fourth-order valence-corrected chi connectivity index (χ4v) is 2.38. The minimum Gasteiger partial charge on any atom is -0.495 e. The number of benzene rings is 1. The SMILES string of the molecule is C#CCNc1ccc(C(=O)NC2CCNCC2(F)F)cc1OC. The van der Waals surface area contributed by atoms with Crippen LogP contribution in [-0.2, 0) is 0 Å². The van der Waals surface area contributed by atoms with Gasteiger partial charge >= 0.3 is 0 Å². The number of anilines is 1. The van der Waals surface area contributed by atoms with E-state index in [-0.39, 0.29) is 12.0 Å². The van der Waals surface area contributed by atoms with Crippen molar-refractivity contribution in [2.45, 2.75) is 18.4 Å². The van der Waals surface area contributed by atoms with Gasteiger partial charge in [-0.05, 0) is 31.2 Å². The molecule has 124 valence electrons. The quantitative estimate of drug-likeness (QED) is 0.718. The lowest BCUT2D eigenvalue weighted by molar-refractivity contribution is -0.0487. The number of alkyl halides is 2. The molecule has 1 saturated heterocycles. The summed E-state index contributed by atoms with van der Waals surface area (Å²) in [6.07, 6.45) is 5.36. The maximum Gasteiger partial charge on any atom is 0.280 e. The zero-order valence-electron chi connectivity index (χ0n) is 12.8. The number of rotatable bonds is 5. The highest BCUT2D eigenvalue weighted by atomic mass is 19.3. The van der Waals surface area contributed by atoms with Crippen LogP contribution >= 0.6 is 0 Å². The lowest BCUT2D eigenvalue weighted by atomic mass is 10.0. The fraction of sp³-hybridized carbons (Fsp3) is 0.438. The molecule has 3 N–H and O–H groups in total. The molecule has 0 aliphatic carbocycles. The zero-order chi connectivity index (χ0) is 16.9. The fourth-order valence-electron chi connectivity index (χ4n) is 2.38. The number of carbonyl (C=O) groups is 1. The molecule has 0 saturated carbocycles. The number of halogens is 2. The molecule has 5 nitrogen and oxygen atoms in total. The van der Waals surface area contributed by atoms with Gasteiger partial charge in [0, 0.05) is 5.56 Å². The summed E-state index contributed by atoms with van der Waals surface area (Å²) in [4.78, 5) is 12.2. The Bertz CT molecular complexity index is 614. The molecular weight excluding hydrogens is 304 g/mol. The molecule has 1 aliphatic heterocycles. The molecule has 2 rings (SSSR count). The predicted octanol–water partition coefficient (Wildman–Crippen LogP) is 1.47. The molecular formula is C16H19F2N3O2. The summed E-state index contributed by atoms with van der Waals surface area (Å²) in [5, 5.41) is 7.97. The van der Waals surface area contributed by atoms with Crippen LogP contribution in [0.25, 0.3) is 0 Å². The first kappa shape index (κ1) is 17.0. The Morgan fingerprint density at radius 3 is 3.00 bits per heavy atom. The van der Waals surface area contributed by atoms with Crippen LogP contribution in [0.2, 0.25) is 0 Å². The van der Waals surface area contributed by atoms with Crippen molar-refractivity contribution in [1.82, 2.24) is 10.6 Å². The molecule has 23 heavy (non-hydrogen) atoms. The Morgan fingerprint density at radius 2 is 2.35 bits per heavy atom. The second-order valence-corrected chi connectivity index (χ2v) is 5.23. The third-order valence-electron chi connectivity index (χ3n) is 3.63. The van der Waals surface area contributed by atoms with Crippen molar-refractivity contribution >= 4 is 11.6 Å². The molecule has 1 aliphatic rings. The van der Waals surface area contributed by atoms with E-state index in [9.17, 15) is 13.6 Å². The summed E-state index contributed by atoms with van der Waals surface area (Å²) >= 11 is 0. The molecule has 0 radical (unpaired) electrons. The average molecular weight is 323 g/mol. The second-order valence-electron chi connectivity index (χ2n) is 5.23. The van der Waals surface area contributed by atoms with E-state index in [0.717, 1.165) is 0 Å². The molecule has 1 unspecified atom stereocenters. The highest BCUT2D eigenvalue weighted by Gasteiger charge is 2.42. The van der Waals surface area contributed by atoms with Crippen LogP contribution in [0.1, 0.15) is 16.8 Å². The zero-order valence-corrected chi connectivity index (χ0v) is 12.8. The number of piperidine rings is 1. The van der Waals surface area contributed by atoms with Crippen molar-refractivity contribution in [1.29, 1.82) is 0 Å². The van der Waals surface area contributed by atoms with E-state index in [2.05, 4.69) is 21.9 Å². The number of ether oxygens (including phenoxy) is 1. The first-order valence-corrected chi connectivity index (χ1v) is 7.22. The monoisotopic (exact) mass is 323 g/mol. The van der Waals surface area contributed by atoms with Crippen LogP contribution in [0.15, 0.2) is 18.2 Å². The number of amides is 1. The molecule has 1 atom stereocenters. The summed E-state index contributed by atoms with van der Waals surface area (Å²) in [5.41, 5.74) is 0.886. The molecule has 1 heterocycles. The van der Waals surface area contributed by atoms with E-state index in [0.29, 0.717) is 24.5 Å². The van der Waals surface area contributed by atoms with Gasteiger partial charge < -0.3 is 20.7 Å². The summed E-state index contributed by atoms with van der Waals surface area (Å²) < 4.78 is 32.7. The Balaban J connectivity index is 2.11. The number of hydrogen-bond donors (Lipinski definition) is 3. The average Bonchev–Trinajstić information content (AvgIpc) is 2.54. The molecule has 7 heteroatoms. The number of carbonyl (C=O) groups excluding carboxylic acids is 1. The van der Waals surface area contributed by atoms with Gasteiger partial charge in [0.05, 0.1) is 31.9 Å². The standard InChI is InChI=1S/C16H19F2N3O2/c1-3-7-20-12-5-4-11(9-13(12)23-2)15(22)21-14-6-8-19-10-16(14,17)18/h1,4-5,9,14,19-20H,6-8,10H2,2H3,(H,21,22). The van der Waals surface area contributed by atoms with Crippen molar-refractivity contribution < 1.29 is 18.3 Å². The Morgan fingerprint density at radius 1 is 1.57 bits per heavy atom. The molecule has 1 fully saturated rings. The van der Waals surface area contributed by atoms with Crippen molar-refractivity contribution in [3.63, 3.8) is 0 Å². The van der Waals surface area contributed by atoms with Crippen LogP contribution in [0.3, 0.4) is 0 Å². The minimum absolute atomic E-state index is 0.178. The van der Waals surface area contributed by atoms with E-state index < -0.39 is 24.4 Å². The van der Waals surface area contributed by atoms with Gasteiger partial charge in [-0.3, -0.25) is 4.79 Å². The topological polar surface area (TPSA) is 62.4 Å². The molecule has 0 spiro atoms. The second kappa shape index (κ2) is 7.29. The Kier molecular flexibility index (Phi) is 5.40. The number of terminal acetylenes is 1. The van der Waals surface area contributed by atoms with Gasteiger partial charge in [0.25, 0.3) is 11.8 Å². The highest BCUT2D eigenvalue weighted by Crippen LogP contribution is 2.27. The summed E-state index contributed by atoms with van der Waals surface area (Å²) in [6, 6.07) is 3.48. The van der Waals surface area contributed by atoms with Crippen molar-refractivity contribution in [2.75, 3.05) is 32.1 Å². The lowest BCUT2D eigenvalue weighted by Gasteiger charge is -2.32. The van der Waals surface area contributed by atoms with Crippen molar-refractivity contribution in [3.8, 4) is 18.1 Å². The Labute approximate surface area is 133 Å². The number of nitrogens with one attached hydrogen (secondary N) is 3. The van der Waals surface area contributed by atoms with E-state index in [4.69, 9.17) is 11.2 Å². The van der Waals surface area contributed by atoms with E-state index in [1.807, 2.05) is 0 Å². The van der Waals surface area contributed by atoms with Crippen LogP contribution in [0, 0.1) is 12.3 Å². The van der Waals surface area contributed by atoms with Gasteiger partial charge in [0.1, 0.15) is 5.75 Å². The summed E-state index contributed by atoms with van der Waals surface area (Å²) in [6.45, 7) is 0.318. The third kappa shape index (κ3) is 4.11. The van der Waals surface area contributed by atoms with Crippen LogP contribution < -0.4 is 20.7 Å². The maximum absolute atomic E-state index is 13.8. The van der Waals surface area contributed by atoms with Crippen molar-refractivity contribution in [3.05, 3.63) is 23.8 Å². The summed E-state index contributed by atoms with van der Waals surface area (Å²) in [7, 11) is 1.46. The third-order valence-corrected chi connectivity index (χ3v) is 3.63. The number of methoxy groups -OCH3 is 1. The van der Waals surface area contributed by atoms with Crippen LogP contribution in [-0.4, -0.2) is 44.6 Å². The lowest BCUT2D eigenvalue weighted by Crippen LogP contribution is -2.57. The summed E-state index contributed by atoms with van der Waals surface area (Å²) in [5.74, 6) is -0.669. The van der Waals surface area contributed by atoms with Gasteiger partial charge in [-0.1, -0.05) is 5.92 Å². The van der Waals surface area contributed by atoms with Gasteiger partial charge in [0.2, 0.25) is 0 Å². The predicted molar refractivity (Wildman–Crippen MR) is 84.0 cm³/mol. The normalized spacial score (nSPS) is 19.5. The van der Waals surface area contributed by atoms with Crippen molar-refractivity contribution in [2.24, 2.45) is 0 Å². The molecule has 1 aromatic carbocycles.